The Bertz CT molecular complexity index is 573. The summed E-state index contributed by atoms with van der Waals surface area (Å²) in [5.74, 6) is 0.744. The molecule has 0 radical (unpaired) electrons. The van der Waals surface area contributed by atoms with Crippen molar-refractivity contribution < 1.29 is 10.2 Å². The molecule has 0 aliphatic heterocycles. The number of rotatable bonds is 2. The van der Waals surface area contributed by atoms with Crippen LogP contribution in [0.25, 0.3) is 11.6 Å². The van der Waals surface area contributed by atoms with Gasteiger partial charge in [-0.1, -0.05) is 31.7 Å². The lowest BCUT2D eigenvalue weighted by atomic mass is 9.69. The number of phenolic OH excluding ortho intramolecular Hbond substituents is 1. The fourth-order valence-electron chi connectivity index (χ4n) is 3.84. The van der Waals surface area contributed by atoms with Crippen LogP contribution in [0.5, 0.6) is 5.75 Å². The topological polar surface area (TPSA) is 40.5 Å². The van der Waals surface area contributed by atoms with E-state index in [0.29, 0.717) is 5.92 Å². The highest BCUT2D eigenvalue weighted by atomic mass is 16.3. The molecule has 2 nitrogen and oxygen atoms in total. The van der Waals surface area contributed by atoms with Crippen LogP contribution in [-0.4, -0.2) is 16.3 Å². The van der Waals surface area contributed by atoms with Crippen molar-refractivity contribution in [2.75, 3.05) is 0 Å². The minimum atomic E-state index is -0.163. The summed E-state index contributed by atoms with van der Waals surface area (Å²) in [7, 11) is 0. The van der Waals surface area contributed by atoms with Crippen molar-refractivity contribution in [3.8, 4) is 5.75 Å². The molecule has 2 aliphatic rings. The van der Waals surface area contributed by atoms with Crippen molar-refractivity contribution in [2.45, 2.75) is 38.7 Å². The number of allylic oxidation sites excluding steroid dienone is 2. The van der Waals surface area contributed by atoms with Gasteiger partial charge in [0.15, 0.2) is 0 Å². The van der Waals surface area contributed by atoms with E-state index in [9.17, 15) is 10.2 Å². The van der Waals surface area contributed by atoms with E-state index in [1.165, 1.54) is 11.1 Å². The number of aliphatic hydroxyl groups is 1. The molecule has 1 aromatic carbocycles. The van der Waals surface area contributed by atoms with E-state index in [-0.39, 0.29) is 17.3 Å². The molecule has 1 saturated carbocycles. The van der Waals surface area contributed by atoms with Crippen LogP contribution >= 0.6 is 0 Å². The zero-order valence-electron chi connectivity index (χ0n) is 12.0. The Morgan fingerprint density at radius 2 is 2.15 bits per heavy atom. The maximum absolute atomic E-state index is 10.2. The molecular weight excluding hydrogens is 248 g/mol. The monoisotopic (exact) mass is 270 g/mol. The van der Waals surface area contributed by atoms with Crippen LogP contribution < -0.4 is 0 Å². The van der Waals surface area contributed by atoms with Gasteiger partial charge in [0.1, 0.15) is 5.75 Å². The number of fused-ring (bicyclic) bond motifs is 1. The van der Waals surface area contributed by atoms with Crippen LogP contribution in [0.3, 0.4) is 0 Å². The molecule has 0 heterocycles. The van der Waals surface area contributed by atoms with E-state index >= 15 is 0 Å². The Labute approximate surface area is 120 Å². The van der Waals surface area contributed by atoms with Gasteiger partial charge in [-0.15, -0.1) is 0 Å². The molecule has 3 rings (SSSR count). The van der Waals surface area contributed by atoms with Gasteiger partial charge in [-0.05, 0) is 60.4 Å². The number of benzene rings is 1. The maximum atomic E-state index is 10.2. The molecule has 0 aromatic heterocycles. The fraction of sp³-hybridized carbons (Fsp3) is 0.444. The van der Waals surface area contributed by atoms with Crippen LogP contribution in [-0.2, 0) is 0 Å². The summed E-state index contributed by atoms with van der Waals surface area (Å²) < 4.78 is 0. The van der Waals surface area contributed by atoms with Crippen LogP contribution in [0, 0.1) is 11.3 Å². The maximum Gasteiger partial charge on any atom is 0.116 e. The smallest absolute Gasteiger partial charge is 0.116 e. The first-order valence-electron chi connectivity index (χ1n) is 7.39. The van der Waals surface area contributed by atoms with Crippen LogP contribution in [0.2, 0.25) is 0 Å². The largest absolute Gasteiger partial charge is 0.508 e. The van der Waals surface area contributed by atoms with Crippen molar-refractivity contribution in [1.29, 1.82) is 0 Å². The van der Waals surface area contributed by atoms with Crippen molar-refractivity contribution >= 4 is 11.6 Å². The third kappa shape index (κ3) is 1.99. The molecule has 3 atom stereocenters. The normalized spacial score (nSPS) is 32.6. The third-order valence-electron chi connectivity index (χ3n) is 5.30. The second kappa shape index (κ2) is 4.78. The number of aliphatic hydroxyl groups excluding tert-OH is 1. The van der Waals surface area contributed by atoms with Crippen LogP contribution in [0.4, 0.5) is 0 Å². The molecule has 2 N–H and O–H groups in total. The van der Waals surface area contributed by atoms with E-state index in [2.05, 4.69) is 19.6 Å². The number of phenols is 1. The second-order valence-electron chi connectivity index (χ2n) is 6.37. The molecule has 20 heavy (non-hydrogen) atoms. The van der Waals surface area contributed by atoms with E-state index in [4.69, 9.17) is 0 Å². The Morgan fingerprint density at radius 1 is 1.35 bits per heavy atom. The lowest BCUT2D eigenvalue weighted by Gasteiger charge is -2.37. The first-order valence-corrected chi connectivity index (χ1v) is 7.39. The summed E-state index contributed by atoms with van der Waals surface area (Å²) in [4.78, 5) is 0. The lowest BCUT2D eigenvalue weighted by molar-refractivity contribution is 0.0419. The van der Waals surface area contributed by atoms with E-state index in [1.807, 2.05) is 6.07 Å². The van der Waals surface area contributed by atoms with Crippen LogP contribution in [0.1, 0.15) is 43.7 Å². The Balaban J connectivity index is 1.99. The third-order valence-corrected chi connectivity index (χ3v) is 5.30. The standard InChI is InChI=1S/C18H22O2/c1-3-12-11-15(19)5-6-16(12)13-8-9-18(2)14(10-13)4-7-17(18)20/h3,5-6,10-11,14,17,19-20H,1,4,7-9H2,2H3/t14?,17-,18-/m0/s1. The second-order valence-corrected chi connectivity index (χ2v) is 6.37. The SMILES string of the molecule is C=Cc1cc(O)ccc1C1=CC2CC[C@H](O)[C@@]2(C)CC1. The Hall–Kier alpha value is -1.54. The molecule has 0 saturated heterocycles. The Morgan fingerprint density at radius 3 is 2.90 bits per heavy atom. The van der Waals surface area contributed by atoms with Crippen molar-refractivity contribution in [2.24, 2.45) is 11.3 Å². The average Bonchev–Trinajstić information content (AvgIpc) is 2.74. The molecular formula is C18H22O2. The van der Waals surface area contributed by atoms with Crippen molar-refractivity contribution in [1.82, 2.24) is 0 Å². The number of hydrogen-bond donors (Lipinski definition) is 2. The molecule has 1 unspecified atom stereocenters. The highest BCUT2D eigenvalue weighted by Gasteiger charge is 2.46. The van der Waals surface area contributed by atoms with E-state index < -0.39 is 0 Å². The summed E-state index contributed by atoms with van der Waals surface area (Å²) in [6, 6.07) is 5.48. The molecule has 1 aromatic rings. The van der Waals surface area contributed by atoms with Crippen LogP contribution in [0.15, 0.2) is 30.9 Å². The van der Waals surface area contributed by atoms with Gasteiger partial charge in [-0.2, -0.15) is 0 Å². The zero-order valence-corrected chi connectivity index (χ0v) is 12.0. The summed E-state index contributed by atoms with van der Waals surface area (Å²) >= 11 is 0. The molecule has 0 bridgehead atoms. The minimum Gasteiger partial charge on any atom is -0.508 e. The highest BCUT2D eigenvalue weighted by Crippen LogP contribution is 2.52. The lowest BCUT2D eigenvalue weighted by Crippen LogP contribution is -2.33. The van der Waals surface area contributed by atoms with Gasteiger partial charge in [0.2, 0.25) is 0 Å². The first-order chi connectivity index (χ1) is 9.54. The average molecular weight is 270 g/mol. The summed E-state index contributed by atoms with van der Waals surface area (Å²) in [6.07, 6.45) is 7.98. The van der Waals surface area contributed by atoms with Crippen molar-refractivity contribution in [3.63, 3.8) is 0 Å². The first kappa shape index (κ1) is 13.4. The van der Waals surface area contributed by atoms with Gasteiger partial charge in [-0.25, -0.2) is 0 Å². The molecule has 2 aliphatic carbocycles. The minimum absolute atomic E-state index is 0.0504. The molecule has 0 amide bonds. The van der Waals surface area contributed by atoms with Gasteiger partial charge >= 0.3 is 0 Å². The molecule has 2 heteroatoms. The summed E-state index contributed by atoms with van der Waals surface area (Å²) in [6.45, 7) is 6.06. The van der Waals surface area contributed by atoms with Gasteiger partial charge in [0.25, 0.3) is 0 Å². The van der Waals surface area contributed by atoms with Gasteiger partial charge < -0.3 is 10.2 Å². The number of hydrogen-bond acceptors (Lipinski definition) is 2. The van der Waals surface area contributed by atoms with E-state index in [0.717, 1.165) is 31.2 Å². The molecule has 1 fully saturated rings. The predicted octanol–water partition coefficient (Wildman–Crippen LogP) is 3.99. The number of aromatic hydroxyl groups is 1. The molecule has 106 valence electrons. The highest BCUT2D eigenvalue weighted by molar-refractivity contribution is 5.75. The zero-order chi connectivity index (χ0) is 14.3. The Kier molecular flexibility index (Phi) is 3.21. The van der Waals surface area contributed by atoms with Gasteiger partial charge in [0.05, 0.1) is 6.10 Å². The predicted molar refractivity (Wildman–Crippen MR) is 82.2 cm³/mol. The fourth-order valence-corrected chi connectivity index (χ4v) is 3.84. The van der Waals surface area contributed by atoms with Gasteiger partial charge in [0, 0.05) is 5.41 Å². The quantitative estimate of drug-likeness (QED) is 0.853. The van der Waals surface area contributed by atoms with Crippen molar-refractivity contribution in [3.05, 3.63) is 42.0 Å². The summed E-state index contributed by atoms with van der Waals surface area (Å²) in [5.41, 5.74) is 3.53. The van der Waals surface area contributed by atoms with E-state index in [1.54, 1.807) is 18.2 Å². The van der Waals surface area contributed by atoms with Gasteiger partial charge in [-0.3, -0.25) is 0 Å². The molecule has 0 spiro atoms. The summed E-state index contributed by atoms with van der Waals surface area (Å²) in [5, 5.41) is 19.8.